The van der Waals surface area contributed by atoms with Crippen molar-refractivity contribution in [1.82, 2.24) is 54.7 Å². The first-order valence-electron chi connectivity index (χ1n) is 26.6. The average molecular weight is 1170 g/mol. The van der Waals surface area contributed by atoms with Gasteiger partial charge in [0.05, 0.1) is 29.1 Å². The molecule has 3 aliphatic heterocycles. The first-order chi connectivity index (χ1) is 39.4. The van der Waals surface area contributed by atoms with Crippen LogP contribution in [0.5, 0.6) is 0 Å². The van der Waals surface area contributed by atoms with Crippen molar-refractivity contribution in [3.8, 4) is 22.5 Å². The van der Waals surface area contributed by atoms with Crippen LogP contribution in [0.3, 0.4) is 0 Å². The summed E-state index contributed by atoms with van der Waals surface area (Å²) in [5.74, 6) is -6.49. The van der Waals surface area contributed by atoms with Crippen LogP contribution in [-0.4, -0.2) is 131 Å². The summed E-state index contributed by atoms with van der Waals surface area (Å²) in [6, 6.07) is 36.4. The summed E-state index contributed by atoms with van der Waals surface area (Å²) >= 11 is 0. The standard InChI is InChI=1S/C33H28F4N10O2.C24H30BN5O3.3CH4/c34-24-4-11-28(29(35)17-24)32(49,19-46-20-40-42-43-46)33(36,37)30-12-3-23(18-38-30)22-1-5-25(6-2-22)44-13-15-45(16-14-44)26-7-9-27(10-8-26)47-21-39-41-31(47)48;1-23(2)24(3,4)33-25(32-23)18-5-7-19(8-6-18)28-13-15-29(16-14-28)20-9-11-21(12-10-20)30-17-26-27-22(30)31;;;/h1-12,17-18,20-21,49H,13-16,19H2,(H,41,48);5-12,17H,13-16H2,1-4H3,(H,27,31);3*1H4/t32-;;;;/m0..../s1. The Morgan fingerprint density at radius 1 is 0.576 bits per heavy atom. The SMILES string of the molecule is C.C.C.CC1(C)OB(c2ccc(N3CCN(c4ccc(-n5cn[nH]c5=O)cc4)CC3)cc2)OC1(C)C.O=c1[nH]ncn1-c1ccc(N2CCN(c3ccc(-c4ccc(C(F)(F)[C@](O)(Cn5cnnn5)c5ccc(F)cc5F)nc4)cc3)CC2)cc1. The number of aromatic nitrogens is 11. The molecule has 0 bridgehead atoms. The van der Waals surface area contributed by atoms with Crippen LogP contribution in [0, 0.1) is 11.6 Å². The van der Waals surface area contributed by atoms with E-state index in [1.807, 2.05) is 60.7 Å². The number of hydrogen-bond donors (Lipinski definition) is 3. The van der Waals surface area contributed by atoms with E-state index in [0.29, 0.717) is 11.6 Å². The van der Waals surface area contributed by atoms with E-state index in [-0.39, 0.29) is 52.0 Å². The summed E-state index contributed by atoms with van der Waals surface area (Å²) in [6.07, 6.45) is 5.18. The molecule has 12 rings (SSSR count). The molecule has 20 nitrogen and oxygen atoms in total. The third kappa shape index (κ3) is 12.6. The zero-order chi connectivity index (χ0) is 57.4. The van der Waals surface area contributed by atoms with Gasteiger partial charge in [0.25, 0.3) is 0 Å². The number of aliphatic hydroxyl groups is 1. The topological polar surface area (TPSA) is 209 Å². The van der Waals surface area contributed by atoms with Gasteiger partial charge in [0.2, 0.25) is 0 Å². The van der Waals surface area contributed by atoms with E-state index in [9.17, 15) is 23.5 Å². The maximum absolute atomic E-state index is 16.1. The van der Waals surface area contributed by atoms with Gasteiger partial charge in [-0.2, -0.15) is 19.0 Å². The highest BCUT2D eigenvalue weighted by Gasteiger charge is 2.58. The normalized spacial score (nSPS) is 16.3. The first kappa shape index (κ1) is 62.1. The van der Waals surface area contributed by atoms with Crippen molar-refractivity contribution in [3.63, 3.8) is 0 Å². The van der Waals surface area contributed by atoms with Gasteiger partial charge in [0.1, 0.15) is 36.3 Å². The molecule has 85 heavy (non-hydrogen) atoms. The second-order valence-electron chi connectivity index (χ2n) is 21.3. The number of tetrazole rings is 1. The molecule has 25 heteroatoms. The van der Waals surface area contributed by atoms with E-state index in [0.717, 1.165) is 121 Å². The number of nitrogens with one attached hydrogen (secondary N) is 2. The molecule has 7 heterocycles. The highest BCUT2D eigenvalue weighted by atomic mass is 19.3. The molecular weight excluding hydrogens is 1100 g/mol. The van der Waals surface area contributed by atoms with Crippen LogP contribution < -0.4 is 36.4 Å². The molecule has 9 aromatic rings. The summed E-state index contributed by atoms with van der Waals surface area (Å²) < 4.78 is 76.7. The van der Waals surface area contributed by atoms with Gasteiger partial charge in [-0.1, -0.05) is 52.6 Å². The monoisotopic (exact) mass is 1170 g/mol. The molecule has 0 aliphatic carbocycles. The summed E-state index contributed by atoms with van der Waals surface area (Å²) in [5, 5.41) is 34.1. The molecule has 3 fully saturated rings. The van der Waals surface area contributed by atoms with E-state index < -0.39 is 41.0 Å². The second-order valence-corrected chi connectivity index (χ2v) is 21.3. The minimum atomic E-state index is -4.15. The van der Waals surface area contributed by atoms with Crippen LogP contribution in [-0.2, 0) is 27.4 Å². The van der Waals surface area contributed by atoms with Gasteiger partial charge in [0.15, 0.2) is 5.60 Å². The number of piperazine rings is 2. The third-order valence-electron chi connectivity index (χ3n) is 15.8. The lowest BCUT2D eigenvalue weighted by atomic mass is 9.79. The van der Waals surface area contributed by atoms with Crippen molar-refractivity contribution < 1.29 is 32.0 Å². The van der Waals surface area contributed by atoms with Crippen LogP contribution in [0.1, 0.15) is 61.2 Å². The number of nitrogens with zero attached hydrogens (tertiary/aromatic N) is 13. The zero-order valence-electron chi connectivity index (χ0n) is 45.3. The Morgan fingerprint density at radius 2 is 1.00 bits per heavy atom. The Bertz CT molecular complexity index is 3720. The van der Waals surface area contributed by atoms with Crippen molar-refractivity contribution >= 4 is 35.3 Å². The molecule has 3 N–H and O–H groups in total. The molecule has 446 valence electrons. The Hall–Kier alpha value is -8.94. The lowest BCUT2D eigenvalue weighted by molar-refractivity contribution is -0.207. The molecule has 5 aromatic carbocycles. The number of rotatable bonds is 13. The molecule has 4 aromatic heterocycles. The fraction of sp³-hybridized carbons (Fsp3) is 0.333. The highest BCUT2D eigenvalue weighted by Crippen LogP contribution is 2.47. The summed E-state index contributed by atoms with van der Waals surface area (Å²) in [6.45, 7) is 14.2. The number of aromatic amines is 2. The number of anilines is 4. The molecule has 0 spiro atoms. The van der Waals surface area contributed by atoms with Gasteiger partial charge >= 0.3 is 24.4 Å². The van der Waals surface area contributed by atoms with E-state index in [1.165, 1.54) is 39.7 Å². The molecule has 3 saturated heterocycles. The maximum Gasteiger partial charge on any atom is 0.494 e. The van der Waals surface area contributed by atoms with Crippen molar-refractivity contribution in [3.05, 3.63) is 196 Å². The van der Waals surface area contributed by atoms with Crippen LogP contribution in [0.25, 0.3) is 22.5 Å². The third-order valence-corrected chi connectivity index (χ3v) is 15.8. The lowest BCUT2D eigenvalue weighted by Crippen LogP contribution is -2.48. The molecule has 0 amide bonds. The van der Waals surface area contributed by atoms with Gasteiger partial charge in [0, 0.05) is 98.5 Å². The lowest BCUT2D eigenvalue weighted by Gasteiger charge is -2.37. The number of H-pyrrole nitrogens is 2. The zero-order valence-corrected chi connectivity index (χ0v) is 45.3. The van der Waals surface area contributed by atoms with Crippen LogP contribution in [0.15, 0.2) is 162 Å². The molecule has 1 atom stereocenters. The smallest absolute Gasteiger partial charge is 0.399 e. The Labute approximate surface area is 490 Å². The molecule has 0 unspecified atom stereocenters. The van der Waals surface area contributed by atoms with E-state index in [1.54, 1.807) is 0 Å². The Morgan fingerprint density at radius 3 is 1.39 bits per heavy atom. The quantitative estimate of drug-likeness (QED) is 0.0738. The summed E-state index contributed by atoms with van der Waals surface area (Å²) in [4.78, 5) is 36.8. The number of halogens is 4. The van der Waals surface area contributed by atoms with Gasteiger partial charge in [-0.15, -0.1) is 5.10 Å². The number of pyridine rings is 1. The number of benzene rings is 5. The van der Waals surface area contributed by atoms with E-state index >= 15 is 8.78 Å². The minimum Gasteiger partial charge on any atom is -0.399 e. The maximum atomic E-state index is 16.1. The Kier molecular flexibility index (Phi) is 18.3. The first-order valence-corrected chi connectivity index (χ1v) is 26.6. The fourth-order valence-corrected chi connectivity index (χ4v) is 10.3. The number of alkyl halides is 2. The Balaban J connectivity index is 0.000000229. The van der Waals surface area contributed by atoms with Gasteiger partial charge < -0.3 is 34.0 Å². The van der Waals surface area contributed by atoms with Crippen LogP contribution in [0.4, 0.5) is 40.3 Å². The van der Waals surface area contributed by atoms with E-state index in [4.69, 9.17) is 9.31 Å². The largest absolute Gasteiger partial charge is 0.494 e. The van der Waals surface area contributed by atoms with Gasteiger partial charge in [-0.3, -0.25) is 4.98 Å². The predicted molar refractivity (Wildman–Crippen MR) is 321 cm³/mol. The second kappa shape index (κ2) is 25.1. The average Bonchev–Trinajstić information content (AvgIpc) is 3.67. The van der Waals surface area contributed by atoms with Crippen molar-refractivity contribution in [2.75, 3.05) is 72.0 Å². The highest BCUT2D eigenvalue weighted by molar-refractivity contribution is 6.62. The fourth-order valence-electron chi connectivity index (χ4n) is 10.3. The number of hydrogen-bond acceptors (Lipinski definition) is 15. The minimum absolute atomic E-state index is 0. The molecular formula is C60H70BF4N15O5. The van der Waals surface area contributed by atoms with Gasteiger partial charge in [-0.05, 0) is 140 Å². The summed E-state index contributed by atoms with van der Waals surface area (Å²) in [5.41, 5.74) is 2.20. The predicted octanol–water partition coefficient (Wildman–Crippen LogP) is 7.99. The van der Waals surface area contributed by atoms with Crippen LogP contribution >= 0.6 is 0 Å². The van der Waals surface area contributed by atoms with Crippen molar-refractivity contribution in [2.45, 2.75) is 79.2 Å². The molecule has 0 radical (unpaired) electrons. The summed E-state index contributed by atoms with van der Waals surface area (Å²) in [7, 11) is -0.332. The van der Waals surface area contributed by atoms with Gasteiger partial charge in [-0.25, -0.2) is 42.4 Å². The molecule has 3 aliphatic rings. The van der Waals surface area contributed by atoms with E-state index in [2.05, 4.69) is 125 Å². The van der Waals surface area contributed by atoms with Crippen molar-refractivity contribution in [2.24, 2.45) is 0 Å². The molecule has 0 saturated carbocycles. The van der Waals surface area contributed by atoms with Crippen molar-refractivity contribution in [1.29, 1.82) is 0 Å². The van der Waals surface area contributed by atoms with Crippen LogP contribution in [0.2, 0.25) is 0 Å².